The van der Waals surface area contributed by atoms with Gasteiger partial charge in [-0.15, -0.1) is 0 Å². The van der Waals surface area contributed by atoms with Crippen LogP contribution in [0.2, 0.25) is 0 Å². The Balaban J connectivity index is 2.43. The number of carbonyl (C=O) groups excluding carboxylic acids is 2. The first-order chi connectivity index (χ1) is 15.0. The number of rotatable bonds is 13. The van der Waals surface area contributed by atoms with Crippen LogP contribution in [-0.4, -0.2) is 30.0 Å². The van der Waals surface area contributed by atoms with Crippen molar-refractivity contribution in [2.75, 3.05) is 13.2 Å². The maximum atomic E-state index is 13.1. The lowest BCUT2D eigenvalue weighted by Gasteiger charge is -2.40. The van der Waals surface area contributed by atoms with Gasteiger partial charge in [0.1, 0.15) is 0 Å². The number of esters is 2. The van der Waals surface area contributed by atoms with Crippen LogP contribution < -0.4 is 10.6 Å². The van der Waals surface area contributed by atoms with E-state index in [-0.39, 0.29) is 22.8 Å². The minimum atomic E-state index is -0.295. The first-order valence-electron chi connectivity index (χ1n) is 11.0. The predicted octanol–water partition coefficient (Wildman–Crippen LogP) is 5.01. The highest BCUT2D eigenvalue weighted by molar-refractivity contribution is 7.67. The Bertz CT molecular complexity index is 754. The molecule has 0 aliphatic heterocycles. The molecule has 168 valence electrons. The first-order valence-corrected chi connectivity index (χ1v) is 13.0. The number of hydrogen-bond donors (Lipinski definition) is 0. The summed E-state index contributed by atoms with van der Waals surface area (Å²) >= 11 is 0. The van der Waals surface area contributed by atoms with Gasteiger partial charge in [-0.25, -0.2) is 0 Å². The summed E-state index contributed by atoms with van der Waals surface area (Å²) in [4.78, 5) is 24.8. The molecule has 0 aliphatic rings. The summed E-state index contributed by atoms with van der Waals surface area (Å²) in [6, 6.07) is 20.7. The normalized spacial score (nSPS) is 14.5. The Kier molecular flexibility index (Phi) is 11.2. The van der Waals surface area contributed by atoms with Crippen LogP contribution in [0, 0.1) is 5.92 Å². The van der Waals surface area contributed by atoms with Crippen LogP contribution >= 0.6 is 17.2 Å². The summed E-state index contributed by atoms with van der Waals surface area (Å²) in [7, 11) is 0.879. The fourth-order valence-electron chi connectivity index (χ4n) is 3.77. The van der Waals surface area contributed by atoms with E-state index in [0.29, 0.717) is 49.6 Å². The lowest BCUT2D eigenvalue weighted by molar-refractivity contribution is -0.148. The quantitative estimate of drug-likeness (QED) is 0.311. The Labute approximate surface area is 190 Å². The molecule has 2 aromatic rings. The van der Waals surface area contributed by atoms with Gasteiger partial charge < -0.3 is 9.47 Å². The van der Waals surface area contributed by atoms with Crippen molar-refractivity contribution < 1.29 is 19.1 Å². The van der Waals surface area contributed by atoms with Crippen LogP contribution in [-0.2, 0) is 19.1 Å². The van der Waals surface area contributed by atoms with Gasteiger partial charge in [0.05, 0.1) is 19.1 Å². The second-order valence-electron chi connectivity index (χ2n) is 7.32. The van der Waals surface area contributed by atoms with Gasteiger partial charge in [-0.2, -0.15) is 0 Å². The van der Waals surface area contributed by atoms with Gasteiger partial charge in [-0.3, -0.25) is 9.59 Å². The van der Waals surface area contributed by atoms with Crippen LogP contribution in [0.15, 0.2) is 60.7 Å². The third-order valence-corrected chi connectivity index (χ3v) is 9.20. The van der Waals surface area contributed by atoms with E-state index in [2.05, 4.69) is 31.2 Å². The molecule has 6 heteroatoms. The van der Waals surface area contributed by atoms with Gasteiger partial charge in [0.25, 0.3) is 0 Å². The van der Waals surface area contributed by atoms with E-state index in [0.717, 1.165) is 6.42 Å². The fourth-order valence-corrected chi connectivity index (χ4v) is 8.23. The smallest absolute Gasteiger partial charge is 0.310 e. The molecule has 0 fully saturated rings. The summed E-state index contributed by atoms with van der Waals surface area (Å²) in [6.45, 7) is 6.50. The maximum Gasteiger partial charge on any atom is 0.310 e. The Morgan fingerprint density at radius 1 is 0.839 bits per heavy atom. The first kappa shape index (κ1) is 25.5. The van der Waals surface area contributed by atoms with Crippen molar-refractivity contribution in [2.24, 2.45) is 5.92 Å². The molecule has 0 spiro atoms. The minimum absolute atomic E-state index is 0.131. The zero-order chi connectivity index (χ0) is 22.5. The van der Waals surface area contributed by atoms with Gasteiger partial charge in [-0.1, -0.05) is 84.7 Å². The van der Waals surface area contributed by atoms with E-state index >= 15 is 0 Å². The molecule has 0 aliphatic carbocycles. The van der Waals surface area contributed by atoms with E-state index in [4.69, 9.17) is 9.47 Å². The van der Waals surface area contributed by atoms with Crippen LogP contribution in [0.25, 0.3) is 0 Å². The average molecular weight is 460 g/mol. The summed E-state index contributed by atoms with van der Waals surface area (Å²) in [5.74, 6) is -0.536. The van der Waals surface area contributed by atoms with Crippen LogP contribution in [0.4, 0.5) is 0 Å². The standard InChI is InChI=1S/C25H34O4P2/c1-4-22(24(27)29-6-3)25(19-13-18-23(26)28-5-2,30-20-14-9-7-10-15-20)31-21-16-11-8-12-17-21/h7-12,14-17,22,30-31H,4-6,13,18-19H2,1-3H3. The monoisotopic (exact) mass is 460 g/mol. The van der Waals surface area contributed by atoms with Crippen molar-refractivity contribution >= 4 is 39.7 Å². The van der Waals surface area contributed by atoms with Gasteiger partial charge in [0.2, 0.25) is 0 Å². The van der Waals surface area contributed by atoms with Crippen molar-refractivity contribution in [2.45, 2.75) is 51.4 Å². The van der Waals surface area contributed by atoms with Gasteiger partial charge >= 0.3 is 11.9 Å². The minimum Gasteiger partial charge on any atom is -0.466 e. The number of carbonyl (C=O) groups is 2. The molecule has 0 radical (unpaired) electrons. The summed E-state index contributed by atoms with van der Waals surface area (Å²) < 4.78 is 10.7. The second kappa shape index (κ2) is 13.6. The SMILES string of the molecule is CCOC(=O)CCCC(Pc1ccccc1)(Pc1ccccc1)C(CC)C(=O)OCC. The average Bonchev–Trinajstić information content (AvgIpc) is 2.76. The highest BCUT2D eigenvalue weighted by atomic mass is 31.1. The molecule has 0 saturated carbocycles. The molecule has 31 heavy (non-hydrogen) atoms. The molecule has 3 atom stereocenters. The van der Waals surface area contributed by atoms with E-state index in [1.807, 2.05) is 50.2 Å². The zero-order valence-corrected chi connectivity index (χ0v) is 20.7. The highest BCUT2D eigenvalue weighted by Crippen LogP contribution is 2.55. The second-order valence-corrected chi connectivity index (χ2v) is 11.3. The molecule has 0 bridgehead atoms. The summed E-state index contributed by atoms with van der Waals surface area (Å²) in [5.41, 5.74) is 0. The maximum absolute atomic E-state index is 13.1. The summed E-state index contributed by atoms with van der Waals surface area (Å²) in [5, 5.41) is 2.45. The van der Waals surface area contributed by atoms with Crippen LogP contribution in [0.5, 0.6) is 0 Å². The van der Waals surface area contributed by atoms with E-state index in [1.54, 1.807) is 0 Å². The van der Waals surface area contributed by atoms with E-state index in [9.17, 15) is 9.59 Å². The number of benzene rings is 2. The molecule has 0 aromatic heterocycles. The molecule has 0 amide bonds. The van der Waals surface area contributed by atoms with E-state index in [1.165, 1.54) is 10.6 Å². The van der Waals surface area contributed by atoms with Gasteiger partial charge in [0, 0.05) is 11.3 Å². The van der Waals surface area contributed by atoms with Crippen molar-refractivity contribution in [3.63, 3.8) is 0 Å². The van der Waals surface area contributed by atoms with Crippen molar-refractivity contribution in [1.82, 2.24) is 0 Å². The molecule has 0 N–H and O–H groups in total. The molecule has 2 aromatic carbocycles. The third-order valence-electron chi connectivity index (χ3n) is 5.11. The fraction of sp³-hybridized carbons (Fsp3) is 0.440. The number of hydrogen-bond acceptors (Lipinski definition) is 4. The molecular weight excluding hydrogens is 426 g/mol. The molecule has 0 heterocycles. The largest absolute Gasteiger partial charge is 0.466 e. The lowest BCUT2D eigenvalue weighted by atomic mass is 9.97. The number of ether oxygens (including phenoxy) is 2. The molecule has 4 nitrogen and oxygen atoms in total. The zero-order valence-electron chi connectivity index (χ0n) is 18.7. The molecule has 3 unspecified atom stereocenters. The Morgan fingerprint density at radius 2 is 1.35 bits per heavy atom. The predicted molar refractivity (Wildman–Crippen MR) is 132 cm³/mol. The van der Waals surface area contributed by atoms with Gasteiger partial charge in [-0.05, 0) is 43.7 Å². The lowest BCUT2D eigenvalue weighted by Crippen LogP contribution is -2.38. The molecule has 2 rings (SSSR count). The van der Waals surface area contributed by atoms with Crippen LogP contribution in [0.3, 0.4) is 0 Å². The van der Waals surface area contributed by atoms with Crippen molar-refractivity contribution in [1.29, 1.82) is 0 Å². The molecule has 0 saturated heterocycles. The van der Waals surface area contributed by atoms with E-state index < -0.39 is 0 Å². The van der Waals surface area contributed by atoms with Gasteiger partial charge in [0.15, 0.2) is 0 Å². The highest BCUT2D eigenvalue weighted by Gasteiger charge is 2.43. The Morgan fingerprint density at radius 3 is 1.81 bits per heavy atom. The van der Waals surface area contributed by atoms with Crippen molar-refractivity contribution in [3.8, 4) is 0 Å². The van der Waals surface area contributed by atoms with Crippen molar-refractivity contribution in [3.05, 3.63) is 60.7 Å². The summed E-state index contributed by atoms with van der Waals surface area (Å²) in [6.07, 6.45) is 2.53. The molecular formula is C25H34O4P2. The topological polar surface area (TPSA) is 52.6 Å². The van der Waals surface area contributed by atoms with Crippen LogP contribution in [0.1, 0.15) is 46.5 Å². The third kappa shape index (κ3) is 8.02. The Hall–Kier alpha value is -1.76.